The lowest BCUT2D eigenvalue weighted by atomic mass is 10.1. The van der Waals surface area contributed by atoms with Crippen molar-refractivity contribution in [1.82, 2.24) is 0 Å². The summed E-state index contributed by atoms with van der Waals surface area (Å²) < 4.78 is 41.5. The molecule has 0 atom stereocenters. The van der Waals surface area contributed by atoms with Crippen LogP contribution in [0.3, 0.4) is 0 Å². The molecule has 0 spiro atoms. The van der Waals surface area contributed by atoms with Gasteiger partial charge in [-0.05, 0) is 54.7 Å². The lowest BCUT2D eigenvalue weighted by Gasteiger charge is -2.11. The maximum atomic E-state index is 12.6. The van der Waals surface area contributed by atoms with Gasteiger partial charge in [0.1, 0.15) is 10.6 Å². The van der Waals surface area contributed by atoms with Crippen molar-refractivity contribution in [1.29, 1.82) is 0 Å². The van der Waals surface area contributed by atoms with Gasteiger partial charge in [0.2, 0.25) is 0 Å². The maximum absolute atomic E-state index is 12.6. The van der Waals surface area contributed by atoms with Gasteiger partial charge in [-0.15, -0.1) is 0 Å². The van der Waals surface area contributed by atoms with Crippen LogP contribution in [-0.4, -0.2) is 21.6 Å². The van der Waals surface area contributed by atoms with Crippen LogP contribution in [0.5, 0.6) is 17.2 Å². The Kier molecular flexibility index (Phi) is 3.84. The van der Waals surface area contributed by atoms with Gasteiger partial charge in [-0.25, -0.2) is 0 Å². The number of ether oxygens (including phenoxy) is 2. The molecule has 1 aliphatic heterocycles. The fraction of sp³-hybridized carbons (Fsp3) is 0.333. The molecular weight excluding hydrogens is 328 g/mol. The van der Waals surface area contributed by atoms with E-state index in [1.54, 1.807) is 12.1 Å². The smallest absolute Gasteiger partial charge is 0.339 e. The molecule has 0 bridgehead atoms. The van der Waals surface area contributed by atoms with Gasteiger partial charge in [-0.2, -0.15) is 8.42 Å². The monoisotopic (exact) mass is 346 g/mol. The van der Waals surface area contributed by atoms with Crippen molar-refractivity contribution < 1.29 is 22.1 Å². The minimum absolute atomic E-state index is 0.0623. The van der Waals surface area contributed by atoms with Crippen molar-refractivity contribution in [2.24, 2.45) is 0 Å². The first-order chi connectivity index (χ1) is 11.6. The molecule has 0 radical (unpaired) electrons. The van der Waals surface area contributed by atoms with Crippen molar-refractivity contribution in [2.75, 3.05) is 13.2 Å². The summed E-state index contributed by atoms with van der Waals surface area (Å²) in [7, 11) is -3.91. The standard InChI is InChI=1S/C18H18O5S/c19-24(20,23-15-6-5-13-3-1-4-14(13)11-15)16-7-8-17-18(12-16)22-10-2-9-21-17/h5-8,11-12H,1-4,9-10H2. The van der Waals surface area contributed by atoms with Crippen LogP contribution in [-0.2, 0) is 23.0 Å². The highest BCUT2D eigenvalue weighted by Crippen LogP contribution is 2.33. The SMILES string of the molecule is O=S(=O)(Oc1ccc2c(c1)CCC2)c1ccc2c(c1)OCCCO2. The normalized spacial score (nSPS) is 16.3. The van der Waals surface area contributed by atoms with Crippen LogP contribution in [0, 0.1) is 0 Å². The number of fused-ring (bicyclic) bond motifs is 2. The van der Waals surface area contributed by atoms with Gasteiger partial charge >= 0.3 is 10.1 Å². The number of hydrogen-bond acceptors (Lipinski definition) is 5. The second-order valence-corrected chi connectivity index (χ2v) is 7.53. The third kappa shape index (κ3) is 2.94. The first-order valence-corrected chi connectivity index (χ1v) is 9.49. The molecule has 126 valence electrons. The summed E-state index contributed by atoms with van der Waals surface area (Å²) >= 11 is 0. The van der Waals surface area contributed by atoms with E-state index in [-0.39, 0.29) is 4.90 Å². The molecule has 6 heteroatoms. The number of rotatable bonds is 3. The molecule has 0 saturated heterocycles. The highest BCUT2D eigenvalue weighted by Gasteiger charge is 2.21. The van der Waals surface area contributed by atoms with Crippen LogP contribution in [0.2, 0.25) is 0 Å². The Balaban J connectivity index is 1.62. The molecule has 5 nitrogen and oxygen atoms in total. The van der Waals surface area contributed by atoms with E-state index in [4.69, 9.17) is 13.7 Å². The molecule has 2 aromatic carbocycles. The van der Waals surface area contributed by atoms with Gasteiger partial charge in [-0.1, -0.05) is 6.07 Å². The summed E-state index contributed by atoms with van der Waals surface area (Å²) in [5, 5.41) is 0. The molecule has 0 saturated carbocycles. The molecule has 0 fully saturated rings. The van der Waals surface area contributed by atoms with Crippen molar-refractivity contribution in [3.8, 4) is 17.2 Å². The molecule has 24 heavy (non-hydrogen) atoms. The molecule has 0 amide bonds. The lowest BCUT2D eigenvalue weighted by molar-refractivity contribution is 0.296. The predicted octanol–water partition coefficient (Wildman–Crippen LogP) is 3.10. The Morgan fingerprint density at radius 2 is 1.62 bits per heavy atom. The molecule has 0 aromatic heterocycles. The maximum Gasteiger partial charge on any atom is 0.339 e. The Labute approximate surface area is 141 Å². The molecule has 1 aliphatic carbocycles. The topological polar surface area (TPSA) is 61.8 Å². The summed E-state index contributed by atoms with van der Waals surface area (Å²) in [5.41, 5.74) is 2.44. The second kappa shape index (κ2) is 6.02. The highest BCUT2D eigenvalue weighted by atomic mass is 32.2. The molecule has 0 N–H and O–H groups in total. The molecular formula is C18H18O5S. The van der Waals surface area contributed by atoms with Crippen molar-refractivity contribution in [3.63, 3.8) is 0 Å². The van der Waals surface area contributed by atoms with E-state index in [9.17, 15) is 8.42 Å². The Hall–Kier alpha value is -2.21. The van der Waals surface area contributed by atoms with E-state index < -0.39 is 10.1 Å². The molecule has 2 aromatic rings. The van der Waals surface area contributed by atoms with E-state index in [1.165, 1.54) is 23.3 Å². The summed E-state index contributed by atoms with van der Waals surface area (Å²) in [6.45, 7) is 1.06. The molecule has 0 unspecified atom stereocenters. The van der Waals surface area contributed by atoms with Crippen molar-refractivity contribution in [3.05, 3.63) is 47.5 Å². The Morgan fingerprint density at radius 3 is 2.50 bits per heavy atom. The van der Waals surface area contributed by atoms with E-state index in [0.717, 1.165) is 25.7 Å². The van der Waals surface area contributed by atoms with Crippen LogP contribution in [0.15, 0.2) is 41.3 Å². The van der Waals surface area contributed by atoms with Crippen LogP contribution in [0.25, 0.3) is 0 Å². The number of benzene rings is 2. The van der Waals surface area contributed by atoms with Gasteiger partial charge in [0, 0.05) is 12.5 Å². The van der Waals surface area contributed by atoms with Crippen molar-refractivity contribution >= 4 is 10.1 Å². The van der Waals surface area contributed by atoms with Gasteiger partial charge < -0.3 is 13.7 Å². The zero-order valence-corrected chi connectivity index (χ0v) is 14.0. The average Bonchev–Trinajstić information content (AvgIpc) is 2.89. The zero-order chi connectivity index (χ0) is 16.6. The second-order valence-electron chi connectivity index (χ2n) is 5.98. The fourth-order valence-electron chi connectivity index (χ4n) is 3.07. The minimum Gasteiger partial charge on any atom is -0.490 e. The average molecular weight is 346 g/mol. The molecule has 2 aliphatic rings. The summed E-state index contributed by atoms with van der Waals surface area (Å²) in [4.78, 5) is 0.0623. The van der Waals surface area contributed by atoms with Crippen molar-refractivity contribution in [2.45, 2.75) is 30.6 Å². The van der Waals surface area contributed by atoms with E-state index in [2.05, 4.69) is 0 Å². The zero-order valence-electron chi connectivity index (χ0n) is 13.2. The summed E-state index contributed by atoms with van der Waals surface area (Å²) in [6.07, 6.45) is 3.89. The summed E-state index contributed by atoms with van der Waals surface area (Å²) in [6, 6.07) is 10.0. The summed E-state index contributed by atoms with van der Waals surface area (Å²) in [5.74, 6) is 1.35. The van der Waals surface area contributed by atoms with Crippen LogP contribution >= 0.6 is 0 Å². The fourth-order valence-corrected chi connectivity index (χ4v) is 4.01. The Bertz CT molecular complexity index is 873. The van der Waals surface area contributed by atoms with Gasteiger partial charge in [0.05, 0.1) is 13.2 Å². The van der Waals surface area contributed by atoms with E-state index >= 15 is 0 Å². The van der Waals surface area contributed by atoms with E-state index in [1.807, 2.05) is 12.1 Å². The third-order valence-electron chi connectivity index (χ3n) is 4.28. The first-order valence-electron chi connectivity index (χ1n) is 8.08. The predicted molar refractivity (Wildman–Crippen MR) is 88.3 cm³/mol. The number of hydrogen-bond donors (Lipinski definition) is 0. The highest BCUT2D eigenvalue weighted by molar-refractivity contribution is 7.87. The van der Waals surface area contributed by atoms with Gasteiger partial charge in [0.25, 0.3) is 0 Å². The first kappa shape index (κ1) is 15.3. The van der Waals surface area contributed by atoms with Crippen LogP contribution < -0.4 is 13.7 Å². The number of aryl methyl sites for hydroxylation is 2. The quantitative estimate of drug-likeness (QED) is 0.799. The van der Waals surface area contributed by atoms with Crippen LogP contribution in [0.1, 0.15) is 24.0 Å². The largest absolute Gasteiger partial charge is 0.490 e. The molecule has 1 heterocycles. The van der Waals surface area contributed by atoms with Gasteiger partial charge in [0.15, 0.2) is 11.5 Å². The van der Waals surface area contributed by atoms with Crippen LogP contribution in [0.4, 0.5) is 0 Å². The third-order valence-corrected chi connectivity index (χ3v) is 5.53. The van der Waals surface area contributed by atoms with Gasteiger partial charge in [-0.3, -0.25) is 0 Å². The van der Waals surface area contributed by atoms with E-state index in [0.29, 0.717) is 30.5 Å². The minimum atomic E-state index is -3.91. The molecule has 4 rings (SSSR count). The lowest BCUT2D eigenvalue weighted by Crippen LogP contribution is -2.10. The Morgan fingerprint density at radius 1 is 0.833 bits per heavy atom.